The summed E-state index contributed by atoms with van der Waals surface area (Å²) in [4.78, 5) is 0. The monoisotopic (exact) mass is 361 g/mol. The van der Waals surface area contributed by atoms with E-state index in [0.29, 0.717) is 12.1 Å². The summed E-state index contributed by atoms with van der Waals surface area (Å²) in [7, 11) is 0. The quantitative estimate of drug-likeness (QED) is 0.312. The standard InChI is InChI=1S/C16H16ClF4N3/c1-2-23-8-24-14-7-10(16(19,20)21)6-11(15(14)22)9-3-4-13(18)12(17)5-9/h3-7,23-24H,2,8,22H2,1H3. The van der Waals surface area contributed by atoms with E-state index in [4.69, 9.17) is 17.3 Å². The minimum atomic E-state index is -4.54. The van der Waals surface area contributed by atoms with Crippen molar-refractivity contribution in [2.75, 3.05) is 24.3 Å². The van der Waals surface area contributed by atoms with E-state index in [0.717, 1.165) is 18.2 Å². The summed E-state index contributed by atoms with van der Waals surface area (Å²) in [6.45, 7) is 2.76. The van der Waals surface area contributed by atoms with Crippen molar-refractivity contribution < 1.29 is 17.6 Å². The van der Waals surface area contributed by atoms with Crippen LogP contribution in [0.3, 0.4) is 0 Å². The molecule has 2 aromatic rings. The van der Waals surface area contributed by atoms with Crippen LogP contribution in [0.15, 0.2) is 30.3 Å². The van der Waals surface area contributed by atoms with E-state index in [2.05, 4.69) is 10.6 Å². The molecule has 24 heavy (non-hydrogen) atoms. The summed E-state index contributed by atoms with van der Waals surface area (Å²) < 4.78 is 52.8. The summed E-state index contributed by atoms with van der Waals surface area (Å²) in [5, 5.41) is 5.57. The molecule has 0 amide bonds. The van der Waals surface area contributed by atoms with Crippen molar-refractivity contribution >= 4 is 23.0 Å². The van der Waals surface area contributed by atoms with E-state index in [-0.39, 0.29) is 28.6 Å². The van der Waals surface area contributed by atoms with Gasteiger partial charge in [0.25, 0.3) is 0 Å². The fourth-order valence-corrected chi connectivity index (χ4v) is 2.33. The molecule has 0 bridgehead atoms. The van der Waals surface area contributed by atoms with Gasteiger partial charge in [0.1, 0.15) is 5.82 Å². The Bertz CT molecular complexity index is 732. The lowest BCUT2D eigenvalue weighted by atomic mass is 9.99. The molecule has 0 unspecified atom stereocenters. The van der Waals surface area contributed by atoms with E-state index < -0.39 is 17.6 Å². The van der Waals surface area contributed by atoms with Crippen LogP contribution in [0.1, 0.15) is 12.5 Å². The molecular weight excluding hydrogens is 346 g/mol. The molecule has 0 aliphatic carbocycles. The lowest BCUT2D eigenvalue weighted by Crippen LogP contribution is -2.22. The zero-order chi connectivity index (χ0) is 17.9. The Morgan fingerprint density at radius 3 is 2.46 bits per heavy atom. The number of nitrogen functional groups attached to an aromatic ring is 1. The maximum absolute atomic E-state index is 13.3. The van der Waals surface area contributed by atoms with Gasteiger partial charge in [0.05, 0.1) is 28.6 Å². The highest BCUT2D eigenvalue weighted by atomic mass is 35.5. The van der Waals surface area contributed by atoms with Crippen LogP contribution in [0.2, 0.25) is 5.02 Å². The average molecular weight is 362 g/mol. The molecule has 0 saturated heterocycles. The number of benzene rings is 2. The maximum Gasteiger partial charge on any atom is 0.416 e. The first-order chi connectivity index (χ1) is 11.2. The van der Waals surface area contributed by atoms with E-state index in [1.54, 1.807) is 0 Å². The summed E-state index contributed by atoms with van der Waals surface area (Å²) in [5.74, 6) is -0.656. The molecule has 130 valence electrons. The minimum Gasteiger partial charge on any atom is -0.397 e. The molecule has 8 heteroatoms. The van der Waals surface area contributed by atoms with Crippen molar-refractivity contribution in [1.82, 2.24) is 5.32 Å². The second-order valence-corrected chi connectivity index (χ2v) is 5.48. The number of hydrogen-bond acceptors (Lipinski definition) is 3. The predicted molar refractivity (Wildman–Crippen MR) is 88.4 cm³/mol. The van der Waals surface area contributed by atoms with Crippen LogP contribution < -0.4 is 16.4 Å². The normalized spacial score (nSPS) is 11.6. The van der Waals surface area contributed by atoms with Crippen LogP contribution in [0.5, 0.6) is 0 Å². The third-order valence-electron chi connectivity index (χ3n) is 3.39. The smallest absolute Gasteiger partial charge is 0.397 e. The van der Waals surface area contributed by atoms with E-state index in [9.17, 15) is 17.6 Å². The van der Waals surface area contributed by atoms with Crippen LogP contribution in [-0.2, 0) is 6.18 Å². The maximum atomic E-state index is 13.3. The zero-order valence-electron chi connectivity index (χ0n) is 12.8. The third-order valence-corrected chi connectivity index (χ3v) is 3.68. The van der Waals surface area contributed by atoms with Crippen molar-refractivity contribution in [3.63, 3.8) is 0 Å². The molecule has 0 heterocycles. The summed E-state index contributed by atoms with van der Waals surface area (Å²) in [6, 6.07) is 5.54. The second-order valence-electron chi connectivity index (χ2n) is 5.07. The molecule has 0 aromatic heterocycles. The van der Waals surface area contributed by atoms with Crippen molar-refractivity contribution in [3.05, 3.63) is 46.7 Å². The second kappa shape index (κ2) is 7.27. The van der Waals surface area contributed by atoms with Gasteiger partial charge in [0, 0.05) is 5.56 Å². The molecule has 0 atom stereocenters. The van der Waals surface area contributed by atoms with Gasteiger partial charge in [-0.3, -0.25) is 0 Å². The Hall–Kier alpha value is -1.99. The van der Waals surface area contributed by atoms with Gasteiger partial charge in [-0.05, 0) is 36.4 Å². The van der Waals surface area contributed by atoms with Gasteiger partial charge in [-0.25, -0.2) is 4.39 Å². The Morgan fingerprint density at radius 1 is 1.17 bits per heavy atom. The number of nitrogens with one attached hydrogen (secondary N) is 2. The van der Waals surface area contributed by atoms with Gasteiger partial charge in [0.15, 0.2) is 0 Å². The molecule has 0 aliphatic rings. The third kappa shape index (κ3) is 4.10. The van der Waals surface area contributed by atoms with Crippen LogP contribution in [0, 0.1) is 5.82 Å². The lowest BCUT2D eigenvalue weighted by Gasteiger charge is -2.17. The van der Waals surface area contributed by atoms with E-state index in [1.807, 2.05) is 6.92 Å². The van der Waals surface area contributed by atoms with Crippen molar-refractivity contribution in [3.8, 4) is 11.1 Å². The topological polar surface area (TPSA) is 50.1 Å². The van der Waals surface area contributed by atoms with Crippen LogP contribution in [0.25, 0.3) is 11.1 Å². The lowest BCUT2D eigenvalue weighted by molar-refractivity contribution is -0.137. The highest BCUT2D eigenvalue weighted by molar-refractivity contribution is 6.31. The molecule has 0 aliphatic heterocycles. The van der Waals surface area contributed by atoms with Crippen molar-refractivity contribution in [2.45, 2.75) is 13.1 Å². The molecule has 0 spiro atoms. The number of nitrogens with two attached hydrogens (primary N) is 1. The Balaban J connectivity index is 2.56. The van der Waals surface area contributed by atoms with Crippen molar-refractivity contribution in [1.29, 1.82) is 0 Å². The minimum absolute atomic E-state index is 0.128. The van der Waals surface area contributed by atoms with Gasteiger partial charge in [0.2, 0.25) is 0 Å². The predicted octanol–water partition coefficient (Wildman–Crippen LogP) is 4.73. The van der Waals surface area contributed by atoms with E-state index >= 15 is 0 Å². The van der Waals surface area contributed by atoms with Crippen LogP contribution >= 0.6 is 11.6 Å². The van der Waals surface area contributed by atoms with Crippen LogP contribution in [0.4, 0.5) is 28.9 Å². The van der Waals surface area contributed by atoms with Gasteiger partial charge < -0.3 is 16.4 Å². The largest absolute Gasteiger partial charge is 0.416 e. The van der Waals surface area contributed by atoms with Gasteiger partial charge in [-0.15, -0.1) is 0 Å². The first kappa shape index (κ1) is 18.4. The number of alkyl halides is 3. The number of rotatable bonds is 5. The highest BCUT2D eigenvalue weighted by Crippen LogP contribution is 2.40. The van der Waals surface area contributed by atoms with Crippen LogP contribution in [-0.4, -0.2) is 13.2 Å². The Kier molecular flexibility index (Phi) is 5.56. The molecule has 2 aromatic carbocycles. The highest BCUT2D eigenvalue weighted by Gasteiger charge is 2.32. The summed E-state index contributed by atoms with van der Waals surface area (Å²) >= 11 is 5.72. The summed E-state index contributed by atoms with van der Waals surface area (Å²) in [6.07, 6.45) is -4.54. The molecule has 0 saturated carbocycles. The van der Waals surface area contributed by atoms with Gasteiger partial charge >= 0.3 is 6.18 Å². The average Bonchev–Trinajstić information content (AvgIpc) is 2.51. The summed E-state index contributed by atoms with van der Waals surface area (Å²) in [5.41, 5.74) is 5.85. The number of anilines is 2. The first-order valence-electron chi connectivity index (χ1n) is 7.14. The molecule has 0 radical (unpaired) electrons. The Labute approximate surface area is 141 Å². The first-order valence-corrected chi connectivity index (χ1v) is 7.52. The van der Waals surface area contributed by atoms with Gasteiger partial charge in [-0.1, -0.05) is 24.6 Å². The molecule has 4 N–H and O–H groups in total. The zero-order valence-corrected chi connectivity index (χ0v) is 13.5. The number of hydrogen-bond donors (Lipinski definition) is 3. The molecule has 2 rings (SSSR count). The Morgan fingerprint density at radius 2 is 1.88 bits per heavy atom. The fourth-order valence-electron chi connectivity index (χ4n) is 2.15. The molecule has 3 nitrogen and oxygen atoms in total. The van der Waals surface area contributed by atoms with E-state index in [1.165, 1.54) is 12.1 Å². The number of halogens is 5. The van der Waals surface area contributed by atoms with Crippen molar-refractivity contribution in [2.24, 2.45) is 0 Å². The molecule has 0 fully saturated rings. The van der Waals surface area contributed by atoms with Gasteiger partial charge in [-0.2, -0.15) is 13.2 Å². The molecular formula is C16H16ClF4N3. The fraction of sp³-hybridized carbons (Fsp3) is 0.250. The SMILES string of the molecule is CCNCNc1cc(C(F)(F)F)cc(-c2ccc(F)c(Cl)c2)c1N.